The van der Waals surface area contributed by atoms with E-state index in [1.54, 1.807) is 6.92 Å². The fraction of sp³-hybridized carbons (Fsp3) is 0.625. The van der Waals surface area contributed by atoms with Gasteiger partial charge >= 0.3 is 5.97 Å². The number of carbonyl (C=O) groups excluding carboxylic acids is 2. The molecule has 1 aromatic rings. The monoisotopic (exact) mass is 293 g/mol. The molecule has 116 valence electrons. The average Bonchev–Trinajstić information content (AvgIpc) is 3.00. The molecule has 5 heteroatoms. The second-order valence-electron chi connectivity index (χ2n) is 5.53. The van der Waals surface area contributed by atoms with E-state index in [0.717, 1.165) is 17.4 Å². The largest absolute Gasteiger partial charge is 0.466 e. The molecule has 0 radical (unpaired) electrons. The summed E-state index contributed by atoms with van der Waals surface area (Å²) in [4.78, 5) is 22.8. The smallest absolute Gasteiger partial charge is 0.307 e. The maximum absolute atomic E-state index is 11.7. The summed E-state index contributed by atoms with van der Waals surface area (Å²) < 4.78 is 10.5. The van der Waals surface area contributed by atoms with Crippen molar-refractivity contribution in [1.82, 2.24) is 5.32 Å². The van der Waals surface area contributed by atoms with E-state index in [4.69, 9.17) is 9.15 Å². The van der Waals surface area contributed by atoms with Crippen molar-refractivity contribution in [3.05, 3.63) is 23.7 Å². The number of ether oxygens (including phenoxy) is 1. The summed E-state index contributed by atoms with van der Waals surface area (Å²) in [6.07, 6.45) is 2.37. The Labute approximate surface area is 125 Å². The van der Waals surface area contributed by atoms with Gasteiger partial charge in [-0.3, -0.25) is 9.59 Å². The van der Waals surface area contributed by atoms with Crippen LogP contribution in [0, 0.1) is 5.92 Å². The van der Waals surface area contributed by atoms with Gasteiger partial charge in [-0.15, -0.1) is 0 Å². The van der Waals surface area contributed by atoms with E-state index in [2.05, 4.69) is 12.2 Å². The number of esters is 1. The lowest BCUT2D eigenvalue weighted by molar-refractivity contribution is -0.143. The Bertz CT molecular complexity index is 494. The van der Waals surface area contributed by atoms with Gasteiger partial charge in [0.25, 0.3) is 0 Å². The van der Waals surface area contributed by atoms with Gasteiger partial charge in [0.1, 0.15) is 11.5 Å². The van der Waals surface area contributed by atoms with Crippen molar-refractivity contribution >= 4 is 11.9 Å². The Morgan fingerprint density at radius 1 is 1.38 bits per heavy atom. The van der Waals surface area contributed by atoms with Gasteiger partial charge in [-0.2, -0.15) is 0 Å². The van der Waals surface area contributed by atoms with Crippen molar-refractivity contribution in [3.63, 3.8) is 0 Å². The summed E-state index contributed by atoms with van der Waals surface area (Å²) in [5.74, 6) is 2.82. The van der Waals surface area contributed by atoms with E-state index in [1.807, 2.05) is 12.1 Å². The van der Waals surface area contributed by atoms with E-state index in [1.165, 1.54) is 6.42 Å². The van der Waals surface area contributed by atoms with Crippen molar-refractivity contribution < 1.29 is 18.7 Å². The zero-order valence-corrected chi connectivity index (χ0v) is 12.7. The van der Waals surface area contributed by atoms with Gasteiger partial charge in [0.15, 0.2) is 0 Å². The first kappa shape index (κ1) is 15.6. The lowest BCUT2D eigenvalue weighted by Gasteiger charge is -2.04. The molecule has 1 heterocycles. The number of carbonyl (C=O) groups is 2. The Hall–Kier alpha value is -1.78. The van der Waals surface area contributed by atoms with Crippen LogP contribution in [0.15, 0.2) is 16.5 Å². The van der Waals surface area contributed by atoms with Crippen LogP contribution in [-0.4, -0.2) is 25.0 Å². The molecule has 1 aliphatic carbocycles. The normalized spacial score (nSPS) is 20.1. The first-order valence-electron chi connectivity index (χ1n) is 7.61. The van der Waals surface area contributed by atoms with E-state index in [9.17, 15) is 9.59 Å². The van der Waals surface area contributed by atoms with Crippen molar-refractivity contribution in [2.24, 2.45) is 5.92 Å². The predicted molar refractivity (Wildman–Crippen MR) is 77.8 cm³/mol. The fourth-order valence-corrected chi connectivity index (χ4v) is 2.31. The molecule has 2 rings (SSSR count). The molecule has 0 saturated heterocycles. The molecule has 2 unspecified atom stereocenters. The molecule has 0 aromatic carbocycles. The molecule has 5 nitrogen and oxygen atoms in total. The third-order valence-corrected chi connectivity index (χ3v) is 3.71. The maximum Gasteiger partial charge on any atom is 0.307 e. The number of amides is 1. The van der Waals surface area contributed by atoms with Gasteiger partial charge in [0, 0.05) is 25.3 Å². The molecule has 21 heavy (non-hydrogen) atoms. The quantitative estimate of drug-likeness (QED) is 0.747. The van der Waals surface area contributed by atoms with E-state index < -0.39 is 0 Å². The minimum Gasteiger partial charge on any atom is -0.466 e. The molecule has 0 aliphatic heterocycles. The van der Waals surface area contributed by atoms with Crippen LogP contribution in [0.25, 0.3) is 0 Å². The third-order valence-electron chi connectivity index (χ3n) is 3.71. The molecule has 0 bridgehead atoms. The SMILES string of the molecule is CCOC(=O)CCNC(=O)CCc1ccc(C2CC2C)o1. The van der Waals surface area contributed by atoms with Crippen molar-refractivity contribution in [2.75, 3.05) is 13.2 Å². The van der Waals surface area contributed by atoms with E-state index >= 15 is 0 Å². The summed E-state index contributed by atoms with van der Waals surface area (Å²) in [5.41, 5.74) is 0. The highest BCUT2D eigenvalue weighted by molar-refractivity contribution is 5.77. The Morgan fingerprint density at radius 3 is 2.81 bits per heavy atom. The lowest BCUT2D eigenvalue weighted by Crippen LogP contribution is -2.26. The second-order valence-corrected chi connectivity index (χ2v) is 5.53. The molecule has 0 spiro atoms. The zero-order chi connectivity index (χ0) is 15.2. The first-order valence-corrected chi connectivity index (χ1v) is 7.61. The zero-order valence-electron chi connectivity index (χ0n) is 12.7. The van der Waals surface area contributed by atoms with Crippen LogP contribution in [-0.2, 0) is 20.7 Å². The van der Waals surface area contributed by atoms with Crippen LogP contribution in [0.2, 0.25) is 0 Å². The molecule has 2 atom stereocenters. The van der Waals surface area contributed by atoms with Gasteiger partial charge < -0.3 is 14.5 Å². The lowest BCUT2D eigenvalue weighted by atomic mass is 10.2. The van der Waals surface area contributed by atoms with Crippen molar-refractivity contribution in [3.8, 4) is 0 Å². The molecular weight excluding hydrogens is 270 g/mol. The molecule has 1 N–H and O–H groups in total. The number of rotatable bonds is 8. The van der Waals surface area contributed by atoms with Crippen LogP contribution < -0.4 is 5.32 Å². The predicted octanol–water partition coefficient (Wildman–Crippen LogP) is 2.41. The van der Waals surface area contributed by atoms with Crippen molar-refractivity contribution in [1.29, 1.82) is 0 Å². The molecule has 1 amide bonds. The maximum atomic E-state index is 11.7. The van der Waals surface area contributed by atoms with E-state index in [-0.39, 0.29) is 18.3 Å². The highest BCUT2D eigenvalue weighted by atomic mass is 16.5. The van der Waals surface area contributed by atoms with Gasteiger partial charge in [0.05, 0.1) is 13.0 Å². The van der Waals surface area contributed by atoms with Crippen LogP contribution >= 0.6 is 0 Å². The molecule has 1 aromatic heterocycles. The van der Waals surface area contributed by atoms with Crippen LogP contribution in [0.4, 0.5) is 0 Å². The third kappa shape index (κ3) is 4.92. The number of hydrogen-bond acceptors (Lipinski definition) is 4. The van der Waals surface area contributed by atoms with Gasteiger partial charge in [-0.25, -0.2) is 0 Å². The summed E-state index contributed by atoms with van der Waals surface area (Å²) in [5, 5.41) is 2.71. The molecule has 1 fully saturated rings. The van der Waals surface area contributed by atoms with Crippen LogP contribution in [0.5, 0.6) is 0 Å². The fourth-order valence-electron chi connectivity index (χ4n) is 2.31. The minimum absolute atomic E-state index is 0.0722. The number of hydrogen-bond donors (Lipinski definition) is 1. The first-order chi connectivity index (χ1) is 10.1. The molecule has 1 aliphatic rings. The second kappa shape index (κ2) is 7.29. The van der Waals surface area contributed by atoms with Crippen LogP contribution in [0.1, 0.15) is 50.5 Å². The van der Waals surface area contributed by atoms with Gasteiger partial charge in [0.2, 0.25) is 5.91 Å². The summed E-state index contributed by atoms with van der Waals surface area (Å²) in [6, 6.07) is 3.97. The number of furan rings is 1. The highest BCUT2D eigenvalue weighted by Crippen LogP contribution is 2.47. The van der Waals surface area contributed by atoms with Crippen molar-refractivity contribution in [2.45, 2.75) is 45.4 Å². The van der Waals surface area contributed by atoms with Gasteiger partial charge in [-0.1, -0.05) is 6.92 Å². The summed E-state index contributed by atoms with van der Waals surface area (Å²) >= 11 is 0. The minimum atomic E-state index is -0.285. The molecular formula is C16H23NO4. The summed E-state index contributed by atoms with van der Waals surface area (Å²) in [6.45, 7) is 4.66. The Balaban J connectivity index is 1.62. The van der Waals surface area contributed by atoms with Crippen LogP contribution in [0.3, 0.4) is 0 Å². The highest BCUT2D eigenvalue weighted by Gasteiger charge is 2.36. The Kier molecular flexibility index (Phi) is 5.42. The number of aryl methyl sites for hydroxylation is 1. The van der Waals surface area contributed by atoms with Gasteiger partial charge in [-0.05, 0) is 31.4 Å². The van der Waals surface area contributed by atoms with E-state index in [0.29, 0.717) is 31.9 Å². The standard InChI is InChI=1S/C16H23NO4/c1-3-20-16(19)8-9-17-15(18)7-5-12-4-6-14(21-12)13-10-11(13)2/h4,6,11,13H,3,5,7-10H2,1-2H3,(H,17,18). The Morgan fingerprint density at radius 2 is 2.14 bits per heavy atom. The summed E-state index contributed by atoms with van der Waals surface area (Å²) in [7, 11) is 0. The molecule has 1 saturated carbocycles. The topological polar surface area (TPSA) is 68.5 Å². The number of nitrogens with one attached hydrogen (secondary N) is 1. The average molecular weight is 293 g/mol.